The monoisotopic (exact) mass is 212 g/mol. The van der Waals surface area contributed by atoms with Gasteiger partial charge in [-0.3, -0.25) is 0 Å². The van der Waals surface area contributed by atoms with E-state index < -0.39 is 0 Å². The normalized spacial score (nSPS) is 30.0. The van der Waals surface area contributed by atoms with Gasteiger partial charge in [0.1, 0.15) is 6.33 Å². The Morgan fingerprint density at radius 1 is 1.36 bits per heavy atom. The summed E-state index contributed by atoms with van der Waals surface area (Å²) in [5.74, 6) is 0.404. The molecular weight excluding hydrogens is 200 g/mol. The van der Waals surface area contributed by atoms with Gasteiger partial charge < -0.3 is 0 Å². The molecule has 5 heteroatoms. The molecule has 0 spiro atoms. The van der Waals surface area contributed by atoms with E-state index in [4.69, 9.17) is 0 Å². The molecule has 0 radical (unpaired) electrons. The lowest BCUT2D eigenvalue weighted by molar-refractivity contribution is 0.283. The van der Waals surface area contributed by atoms with Crippen molar-refractivity contribution in [2.24, 2.45) is 5.92 Å². The summed E-state index contributed by atoms with van der Waals surface area (Å²) in [6, 6.07) is 0. The summed E-state index contributed by atoms with van der Waals surface area (Å²) < 4.78 is 1.79. The minimum absolute atomic E-state index is 0. The number of nitrogens with zero attached hydrogens (tertiary/aromatic N) is 4. The Balaban J connectivity index is 0.000000980. The zero-order chi connectivity index (χ0) is 9.31. The van der Waals surface area contributed by atoms with Crippen LogP contribution in [0.4, 0.5) is 0 Å². The van der Waals surface area contributed by atoms with Crippen LogP contribution in [0, 0.1) is 5.92 Å². The molecule has 1 aliphatic carbocycles. The molecular formula is C9H13ClN4. The highest BCUT2D eigenvalue weighted by Crippen LogP contribution is 2.29. The van der Waals surface area contributed by atoms with Crippen molar-refractivity contribution in [2.75, 3.05) is 0 Å². The average molecular weight is 213 g/mol. The molecule has 1 aliphatic rings. The van der Waals surface area contributed by atoms with Crippen molar-refractivity contribution in [3.8, 4) is 0 Å². The predicted molar refractivity (Wildman–Crippen MR) is 56.2 cm³/mol. The van der Waals surface area contributed by atoms with E-state index in [0.29, 0.717) is 5.92 Å². The molecule has 0 aliphatic heterocycles. The van der Waals surface area contributed by atoms with E-state index >= 15 is 0 Å². The van der Waals surface area contributed by atoms with E-state index in [1.54, 1.807) is 11.0 Å². The van der Waals surface area contributed by atoms with Crippen LogP contribution in [0.5, 0.6) is 0 Å². The van der Waals surface area contributed by atoms with Gasteiger partial charge in [0.15, 0.2) is 0 Å². The van der Waals surface area contributed by atoms with Crippen LogP contribution in [-0.2, 0) is 5.54 Å². The second kappa shape index (κ2) is 3.92. The van der Waals surface area contributed by atoms with Crippen molar-refractivity contribution >= 4 is 12.4 Å². The second-order valence-electron chi connectivity index (χ2n) is 3.51. The molecule has 76 valence electrons. The van der Waals surface area contributed by atoms with E-state index in [9.17, 15) is 0 Å². The molecule has 1 heterocycles. The number of hydrogen-bond donors (Lipinski definition) is 0. The van der Waals surface area contributed by atoms with Crippen LogP contribution < -0.4 is 0 Å². The SMILES string of the molecule is CC1C=CC=CC1(C)n1cnnn1.Cl. The third-order valence-corrected chi connectivity index (χ3v) is 2.71. The maximum atomic E-state index is 3.93. The van der Waals surface area contributed by atoms with Gasteiger partial charge in [-0.1, -0.05) is 31.2 Å². The Hall–Kier alpha value is -1.16. The zero-order valence-corrected chi connectivity index (χ0v) is 8.98. The van der Waals surface area contributed by atoms with Crippen molar-refractivity contribution in [1.82, 2.24) is 20.2 Å². The highest BCUT2D eigenvalue weighted by molar-refractivity contribution is 5.85. The average Bonchev–Trinajstić information content (AvgIpc) is 2.63. The summed E-state index contributed by atoms with van der Waals surface area (Å²) in [5.41, 5.74) is -0.127. The minimum atomic E-state index is -0.127. The van der Waals surface area contributed by atoms with Crippen molar-refractivity contribution in [1.29, 1.82) is 0 Å². The number of rotatable bonds is 1. The summed E-state index contributed by atoms with van der Waals surface area (Å²) in [7, 11) is 0. The van der Waals surface area contributed by atoms with Crippen LogP contribution in [0.15, 0.2) is 30.6 Å². The molecule has 0 fully saturated rings. The lowest BCUT2D eigenvalue weighted by Gasteiger charge is -2.31. The third-order valence-electron chi connectivity index (χ3n) is 2.71. The van der Waals surface area contributed by atoms with Gasteiger partial charge in [0, 0.05) is 5.92 Å². The maximum Gasteiger partial charge on any atom is 0.139 e. The van der Waals surface area contributed by atoms with Crippen LogP contribution in [0.3, 0.4) is 0 Å². The second-order valence-corrected chi connectivity index (χ2v) is 3.51. The van der Waals surface area contributed by atoms with E-state index in [2.05, 4.69) is 47.6 Å². The number of tetrazole rings is 1. The molecule has 14 heavy (non-hydrogen) atoms. The van der Waals surface area contributed by atoms with E-state index in [-0.39, 0.29) is 17.9 Å². The van der Waals surface area contributed by atoms with Gasteiger partial charge >= 0.3 is 0 Å². The van der Waals surface area contributed by atoms with Crippen LogP contribution in [0.25, 0.3) is 0 Å². The van der Waals surface area contributed by atoms with Crippen molar-refractivity contribution in [3.05, 3.63) is 30.6 Å². The van der Waals surface area contributed by atoms with Crippen LogP contribution >= 0.6 is 12.4 Å². The van der Waals surface area contributed by atoms with E-state index in [0.717, 1.165) is 0 Å². The number of halogens is 1. The first-order chi connectivity index (χ1) is 6.23. The number of aromatic nitrogens is 4. The summed E-state index contributed by atoms with van der Waals surface area (Å²) in [5, 5.41) is 11.2. The summed E-state index contributed by atoms with van der Waals surface area (Å²) in [6.45, 7) is 4.27. The Bertz CT molecular complexity index is 344. The third kappa shape index (κ3) is 1.57. The molecule has 4 nitrogen and oxygen atoms in total. The molecule has 0 aromatic carbocycles. The Labute approximate surface area is 89.1 Å². The highest BCUT2D eigenvalue weighted by Gasteiger charge is 2.31. The molecule has 0 N–H and O–H groups in total. The summed E-state index contributed by atoms with van der Waals surface area (Å²) in [4.78, 5) is 0. The predicted octanol–water partition coefficient (Wildman–Crippen LogP) is 1.57. The largest absolute Gasteiger partial charge is 0.222 e. The molecule has 1 aromatic heterocycles. The smallest absolute Gasteiger partial charge is 0.139 e. The van der Waals surface area contributed by atoms with Crippen molar-refractivity contribution in [3.63, 3.8) is 0 Å². The van der Waals surface area contributed by atoms with E-state index in [1.807, 2.05) is 6.08 Å². The maximum absolute atomic E-state index is 3.93. The number of allylic oxidation sites excluding steroid dienone is 4. The summed E-state index contributed by atoms with van der Waals surface area (Å²) >= 11 is 0. The first-order valence-corrected chi connectivity index (χ1v) is 4.33. The first-order valence-electron chi connectivity index (χ1n) is 4.33. The fourth-order valence-corrected chi connectivity index (χ4v) is 1.49. The molecule has 2 rings (SSSR count). The molecule has 0 saturated heterocycles. The number of hydrogen-bond acceptors (Lipinski definition) is 3. The quantitative estimate of drug-likeness (QED) is 0.710. The highest BCUT2D eigenvalue weighted by atomic mass is 35.5. The Morgan fingerprint density at radius 3 is 2.71 bits per heavy atom. The van der Waals surface area contributed by atoms with Gasteiger partial charge in [-0.15, -0.1) is 17.5 Å². The Kier molecular flexibility index (Phi) is 3.06. The molecule has 2 atom stereocenters. The van der Waals surface area contributed by atoms with Gasteiger partial charge in [0.25, 0.3) is 0 Å². The standard InChI is InChI=1S/C9H12N4.ClH/c1-8-5-3-4-6-9(8,2)13-7-10-11-12-13;/h3-8H,1-2H3;1H. The molecule has 0 saturated carbocycles. The fourth-order valence-electron chi connectivity index (χ4n) is 1.49. The molecule has 2 unspecified atom stereocenters. The van der Waals surface area contributed by atoms with Gasteiger partial charge in [0.05, 0.1) is 5.54 Å². The first kappa shape index (κ1) is 10.9. The summed E-state index contributed by atoms with van der Waals surface area (Å²) in [6.07, 6.45) is 10.0. The van der Waals surface area contributed by atoms with Crippen LogP contribution in [-0.4, -0.2) is 20.2 Å². The molecule has 1 aromatic rings. The zero-order valence-electron chi connectivity index (χ0n) is 8.16. The van der Waals surface area contributed by atoms with Crippen molar-refractivity contribution in [2.45, 2.75) is 19.4 Å². The van der Waals surface area contributed by atoms with Gasteiger partial charge in [-0.25, -0.2) is 4.68 Å². The molecule has 0 amide bonds. The fraction of sp³-hybridized carbons (Fsp3) is 0.444. The van der Waals surface area contributed by atoms with E-state index in [1.165, 1.54) is 0 Å². The van der Waals surface area contributed by atoms with Crippen molar-refractivity contribution < 1.29 is 0 Å². The van der Waals surface area contributed by atoms with Gasteiger partial charge in [-0.2, -0.15) is 0 Å². The van der Waals surface area contributed by atoms with Gasteiger partial charge in [-0.05, 0) is 17.4 Å². The lowest BCUT2D eigenvalue weighted by Crippen LogP contribution is -2.35. The molecule has 0 bridgehead atoms. The van der Waals surface area contributed by atoms with Crippen LogP contribution in [0.2, 0.25) is 0 Å². The minimum Gasteiger partial charge on any atom is -0.222 e. The Morgan fingerprint density at radius 2 is 2.14 bits per heavy atom. The van der Waals surface area contributed by atoms with Crippen LogP contribution in [0.1, 0.15) is 13.8 Å². The topological polar surface area (TPSA) is 43.6 Å². The van der Waals surface area contributed by atoms with Gasteiger partial charge in [0.2, 0.25) is 0 Å². The lowest BCUT2D eigenvalue weighted by atomic mass is 9.84.